The molecule has 0 saturated carbocycles. The molecule has 0 unspecified atom stereocenters. The molecular formula is C11H8BrFN4. The Balaban J connectivity index is 2.35. The standard InChI is InChI=1S/C11H8BrFN4/c1-17-6-8(5-15-17)16-9-3-2-7(4-14)10(12)11(9)13/h2-3,5-6,16H,1H3. The summed E-state index contributed by atoms with van der Waals surface area (Å²) >= 11 is 3.05. The largest absolute Gasteiger partial charge is 0.351 e. The Morgan fingerprint density at radius 1 is 1.53 bits per heavy atom. The highest BCUT2D eigenvalue weighted by Gasteiger charge is 2.11. The first-order valence-electron chi connectivity index (χ1n) is 4.75. The lowest BCUT2D eigenvalue weighted by molar-refractivity contribution is 0.624. The molecule has 6 heteroatoms. The van der Waals surface area contributed by atoms with Gasteiger partial charge in [0.25, 0.3) is 0 Å². The Labute approximate surface area is 106 Å². The third-order valence-electron chi connectivity index (χ3n) is 2.19. The summed E-state index contributed by atoms with van der Waals surface area (Å²) < 4.78 is 15.6. The van der Waals surface area contributed by atoms with Crippen LogP contribution in [0.1, 0.15) is 5.56 Å². The van der Waals surface area contributed by atoms with E-state index in [0.29, 0.717) is 11.4 Å². The van der Waals surface area contributed by atoms with Crippen molar-refractivity contribution >= 4 is 27.3 Å². The van der Waals surface area contributed by atoms with Crippen LogP contribution in [0.4, 0.5) is 15.8 Å². The molecule has 0 aliphatic carbocycles. The number of anilines is 2. The van der Waals surface area contributed by atoms with Crippen LogP contribution >= 0.6 is 15.9 Å². The lowest BCUT2D eigenvalue weighted by Crippen LogP contribution is -1.95. The molecule has 0 atom stereocenters. The van der Waals surface area contributed by atoms with E-state index in [1.807, 2.05) is 6.07 Å². The quantitative estimate of drug-likeness (QED) is 0.926. The van der Waals surface area contributed by atoms with Crippen molar-refractivity contribution in [1.29, 1.82) is 5.26 Å². The second-order valence-electron chi connectivity index (χ2n) is 3.43. The topological polar surface area (TPSA) is 53.6 Å². The fourth-order valence-electron chi connectivity index (χ4n) is 1.37. The van der Waals surface area contributed by atoms with Crippen molar-refractivity contribution in [3.05, 3.63) is 40.4 Å². The van der Waals surface area contributed by atoms with Crippen molar-refractivity contribution in [1.82, 2.24) is 9.78 Å². The number of nitriles is 1. The fourth-order valence-corrected chi connectivity index (χ4v) is 1.81. The van der Waals surface area contributed by atoms with Gasteiger partial charge in [-0.2, -0.15) is 10.4 Å². The highest BCUT2D eigenvalue weighted by molar-refractivity contribution is 9.10. The maximum Gasteiger partial charge on any atom is 0.162 e. The zero-order valence-electron chi connectivity index (χ0n) is 8.91. The SMILES string of the molecule is Cn1cc(Nc2ccc(C#N)c(Br)c2F)cn1. The van der Waals surface area contributed by atoms with Gasteiger partial charge in [0.2, 0.25) is 0 Å². The van der Waals surface area contributed by atoms with Crippen LogP contribution in [-0.2, 0) is 7.05 Å². The summed E-state index contributed by atoms with van der Waals surface area (Å²) in [6.45, 7) is 0. The summed E-state index contributed by atoms with van der Waals surface area (Å²) in [7, 11) is 1.77. The molecule has 0 aliphatic rings. The molecule has 0 aliphatic heterocycles. The molecule has 0 fully saturated rings. The summed E-state index contributed by atoms with van der Waals surface area (Å²) in [4.78, 5) is 0. The van der Waals surface area contributed by atoms with Crippen LogP contribution in [0.3, 0.4) is 0 Å². The Kier molecular flexibility index (Phi) is 3.11. The van der Waals surface area contributed by atoms with Gasteiger partial charge in [-0.1, -0.05) is 0 Å². The molecule has 0 bridgehead atoms. The van der Waals surface area contributed by atoms with Gasteiger partial charge >= 0.3 is 0 Å². The van der Waals surface area contributed by atoms with Crippen LogP contribution in [0.25, 0.3) is 0 Å². The number of aryl methyl sites for hydroxylation is 1. The van der Waals surface area contributed by atoms with Gasteiger partial charge in [0.15, 0.2) is 5.82 Å². The van der Waals surface area contributed by atoms with Gasteiger partial charge in [0, 0.05) is 13.2 Å². The van der Waals surface area contributed by atoms with Crippen molar-refractivity contribution in [2.24, 2.45) is 7.05 Å². The number of rotatable bonds is 2. The number of nitrogens with one attached hydrogen (secondary N) is 1. The molecule has 1 aromatic carbocycles. The molecule has 1 heterocycles. The van der Waals surface area contributed by atoms with E-state index in [-0.39, 0.29) is 10.0 Å². The Morgan fingerprint density at radius 2 is 2.29 bits per heavy atom. The maximum absolute atomic E-state index is 13.9. The van der Waals surface area contributed by atoms with Crippen LogP contribution in [0.5, 0.6) is 0 Å². The Morgan fingerprint density at radius 3 is 2.88 bits per heavy atom. The van der Waals surface area contributed by atoms with E-state index in [0.717, 1.165) is 0 Å². The minimum absolute atomic E-state index is 0.161. The number of nitrogens with zero attached hydrogens (tertiary/aromatic N) is 3. The summed E-state index contributed by atoms with van der Waals surface area (Å²) in [6, 6.07) is 4.97. The van der Waals surface area contributed by atoms with Gasteiger partial charge in [0.1, 0.15) is 6.07 Å². The minimum atomic E-state index is -0.493. The van der Waals surface area contributed by atoms with Gasteiger partial charge < -0.3 is 5.32 Å². The van der Waals surface area contributed by atoms with Crippen LogP contribution < -0.4 is 5.32 Å². The summed E-state index contributed by atoms with van der Waals surface area (Å²) in [5.41, 5.74) is 1.24. The second-order valence-corrected chi connectivity index (χ2v) is 4.22. The average molecular weight is 295 g/mol. The van der Waals surface area contributed by atoms with E-state index in [9.17, 15) is 4.39 Å². The summed E-state index contributed by atoms with van der Waals surface area (Å²) in [5.74, 6) is -0.493. The van der Waals surface area contributed by atoms with Crippen molar-refractivity contribution in [2.45, 2.75) is 0 Å². The Hall–Kier alpha value is -1.87. The monoisotopic (exact) mass is 294 g/mol. The van der Waals surface area contributed by atoms with Crippen LogP contribution in [0, 0.1) is 17.1 Å². The molecule has 0 radical (unpaired) electrons. The summed E-state index contributed by atoms with van der Waals surface area (Å²) in [5, 5.41) is 15.6. The summed E-state index contributed by atoms with van der Waals surface area (Å²) in [6.07, 6.45) is 3.32. The first kappa shape index (κ1) is 11.6. The van der Waals surface area contributed by atoms with Gasteiger partial charge in [0.05, 0.1) is 27.6 Å². The van der Waals surface area contributed by atoms with E-state index in [4.69, 9.17) is 5.26 Å². The molecule has 4 nitrogen and oxygen atoms in total. The molecule has 2 rings (SSSR count). The Bertz CT molecular complexity index is 600. The fraction of sp³-hybridized carbons (Fsp3) is 0.0909. The van der Waals surface area contributed by atoms with Gasteiger partial charge in [-0.3, -0.25) is 4.68 Å². The molecule has 0 amide bonds. The molecule has 1 N–H and O–H groups in total. The molecule has 86 valence electrons. The molecule has 0 saturated heterocycles. The molecular weight excluding hydrogens is 287 g/mol. The van der Waals surface area contributed by atoms with Crippen LogP contribution in [0.2, 0.25) is 0 Å². The van der Waals surface area contributed by atoms with Crippen molar-refractivity contribution in [3.63, 3.8) is 0 Å². The van der Waals surface area contributed by atoms with Crippen LogP contribution in [0.15, 0.2) is 29.0 Å². The first-order chi connectivity index (χ1) is 8.11. The third kappa shape index (κ3) is 2.29. The van der Waals surface area contributed by atoms with Crippen molar-refractivity contribution in [2.75, 3.05) is 5.32 Å². The minimum Gasteiger partial charge on any atom is -0.351 e. The van der Waals surface area contributed by atoms with E-state index in [1.165, 1.54) is 6.07 Å². The van der Waals surface area contributed by atoms with Crippen molar-refractivity contribution < 1.29 is 4.39 Å². The van der Waals surface area contributed by atoms with E-state index < -0.39 is 5.82 Å². The third-order valence-corrected chi connectivity index (χ3v) is 2.96. The predicted molar refractivity (Wildman–Crippen MR) is 65.3 cm³/mol. The first-order valence-corrected chi connectivity index (χ1v) is 5.55. The lowest BCUT2D eigenvalue weighted by atomic mass is 10.2. The highest BCUT2D eigenvalue weighted by Crippen LogP contribution is 2.28. The highest BCUT2D eigenvalue weighted by atomic mass is 79.9. The number of halogens is 2. The molecule has 0 spiro atoms. The number of hydrogen-bond donors (Lipinski definition) is 1. The van der Waals surface area contributed by atoms with Crippen LogP contribution in [-0.4, -0.2) is 9.78 Å². The normalized spacial score (nSPS) is 10.0. The number of benzene rings is 1. The zero-order valence-corrected chi connectivity index (χ0v) is 10.5. The van der Waals surface area contributed by atoms with Gasteiger partial charge in [-0.05, 0) is 28.1 Å². The molecule has 1 aromatic heterocycles. The predicted octanol–water partition coefficient (Wildman–Crippen LogP) is 2.94. The lowest BCUT2D eigenvalue weighted by Gasteiger charge is -2.07. The second kappa shape index (κ2) is 4.55. The number of aromatic nitrogens is 2. The number of hydrogen-bond acceptors (Lipinski definition) is 3. The smallest absolute Gasteiger partial charge is 0.162 e. The average Bonchev–Trinajstić information content (AvgIpc) is 2.71. The van der Waals surface area contributed by atoms with E-state index in [1.54, 1.807) is 30.2 Å². The maximum atomic E-state index is 13.9. The molecule has 2 aromatic rings. The van der Waals surface area contributed by atoms with Gasteiger partial charge in [-0.15, -0.1) is 0 Å². The van der Waals surface area contributed by atoms with E-state index >= 15 is 0 Å². The van der Waals surface area contributed by atoms with E-state index in [2.05, 4.69) is 26.3 Å². The van der Waals surface area contributed by atoms with Gasteiger partial charge in [-0.25, -0.2) is 4.39 Å². The van der Waals surface area contributed by atoms with Crippen molar-refractivity contribution in [3.8, 4) is 6.07 Å². The molecule has 17 heavy (non-hydrogen) atoms. The zero-order chi connectivity index (χ0) is 12.4.